The summed E-state index contributed by atoms with van der Waals surface area (Å²) < 4.78 is 1.89. The number of hydrogen-bond acceptors (Lipinski definition) is 4. The molecule has 0 aliphatic rings. The van der Waals surface area contributed by atoms with Crippen LogP contribution in [0.4, 0.5) is 5.82 Å². The van der Waals surface area contributed by atoms with Crippen LogP contribution in [-0.2, 0) is 0 Å². The Hall–Kier alpha value is -2.43. The molecule has 3 aromatic rings. The van der Waals surface area contributed by atoms with Gasteiger partial charge in [-0.25, -0.2) is 14.6 Å². The molecule has 0 bridgehead atoms. The zero-order valence-electron chi connectivity index (χ0n) is 14.0. The van der Waals surface area contributed by atoms with E-state index < -0.39 is 0 Å². The number of benzene rings is 1. The first kappa shape index (κ1) is 15.5. The highest BCUT2D eigenvalue weighted by atomic mass is 15.3. The Labute approximate surface area is 137 Å². The van der Waals surface area contributed by atoms with E-state index in [1.54, 1.807) is 6.33 Å². The van der Waals surface area contributed by atoms with Gasteiger partial charge in [0.1, 0.15) is 12.1 Å². The van der Waals surface area contributed by atoms with E-state index in [1.807, 2.05) is 16.9 Å². The van der Waals surface area contributed by atoms with Gasteiger partial charge in [-0.3, -0.25) is 0 Å². The van der Waals surface area contributed by atoms with Crippen LogP contribution in [0.25, 0.3) is 16.7 Å². The Morgan fingerprint density at radius 3 is 2.57 bits per heavy atom. The summed E-state index contributed by atoms with van der Waals surface area (Å²) in [5.41, 5.74) is 3.10. The van der Waals surface area contributed by atoms with Crippen molar-refractivity contribution in [3.8, 4) is 5.69 Å². The molecule has 1 aromatic carbocycles. The van der Waals surface area contributed by atoms with Crippen molar-refractivity contribution in [1.82, 2.24) is 19.7 Å². The first-order valence-corrected chi connectivity index (χ1v) is 8.25. The van der Waals surface area contributed by atoms with E-state index >= 15 is 0 Å². The molecule has 2 heterocycles. The predicted octanol–water partition coefficient (Wildman–Crippen LogP) is 3.75. The summed E-state index contributed by atoms with van der Waals surface area (Å²) in [5.74, 6) is 0.984. The molecule has 0 unspecified atom stereocenters. The highest BCUT2D eigenvalue weighted by Gasteiger charge is 2.15. The summed E-state index contributed by atoms with van der Waals surface area (Å²) in [6.45, 7) is 8.46. The van der Waals surface area contributed by atoms with Crippen molar-refractivity contribution < 1.29 is 0 Å². The number of fused-ring (bicyclic) bond motifs is 1. The van der Waals surface area contributed by atoms with Crippen LogP contribution in [0.2, 0.25) is 0 Å². The van der Waals surface area contributed by atoms with E-state index in [2.05, 4.69) is 58.9 Å². The van der Waals surface area contributed by atoms with E-state index in [0.717, 1.165) is 48.5 Å². The summed E-state index contributed by atoms with van der Waals surface area (Å²) in [7, 11) is 0. The van der Waals surface area contributed by atoms with Crippen LogP contribution in [0.15, 0.2) is 36.8 Å². The second kappa shape index (κ2) is 6.77. The minimum absolute atomic E-state index is 0.859. The van der Waals surface area contributed by atoms with Gasteiger partial charge in [-0.15, -0.1) is 0 Å². The van der Waals surface area contributed by atoms with E-state index in [1.165, 1.54) is 5.56 Å². The van der Waals surface area contributed by atoms with Gasteiger partial charge >= 0.3 is 0 Å². The zero-order valence-corrected chi connectivity index (χ0v) is 14.0. The largest absolute Gasteiger partial charge is 0.356 e. The Balaban J connectivity index is 2.10. The second-order valence-electron chi connectivity index (χ2n) is 5.82. The Bertz CT molecular complexity index is 787. The van der Waals surface area contributed by atoms with E-state index in [-0.39, 0.29) is 0 Å². The van der Waals surface area contributed by atoms with Gasteiger partial charge in [-0.1, -0.05) is 26.0 Å². The van der Waals surface area contributed by atoms with Crippen molar-refractivity contribution in [2.45, 2.75) is 33.6 Å². The van der Waals surface area contributed by atoms with Gasteiger partial charge in [0.05, 0.1) is 17.3 Å². The number of hydrogen-bond donors (Lipinski definition) is 0. The van der Waals surface area contributed by atoms with Crippen molar-refractivity contribution in [3.05, 3.63) is 42.4 Å². The van der Waals surface area contributed by atoms with E-state index in [4.69, 9.17) is 0 Å². The molecule has 0 atom stereocenters. The monoisotopic (exact) mass is 309 g/mol. The van der Waals surface area contributed by atoms with Crippen molar-refractivity contribution >= 4 is 16.9 Å². The van der Waals surface area contributed by atoms with Crippen LogP contribution in [0, 0.1) is 6.92 Å². The molecule has 5 nitrogen and oxygen atoms in total. The minimum atomic E-state index is 0.859. The number of nitrogens with zero attached hydrogens (tertiary/aromatic N) is 5. The molecule has 0 amide bonds. The average molecular weight is 309 g/mol. The Kier molecular flexibility index (Phi) is 4.55. The van der Waals surface area contributed by atoms with Crippen molar-refractivity contribution in [3.63, 3.8) is 0 Å². The lowest BCUT2D eigenvalue weighted by Crippen LogP contribution is -2.26. The molecule has 0 saturated carbocycles. The molecule has 0 fully saturated rings. The molecule has 0 spiro atoms. The predicted molar refractivity (Wildman–Crippen MR) is 94.2 cm³/mol. The van der Waals surface area contributed by atoms with Crippen LogP contribution >= 0.6 is 0 Å². The fourth-order valence-electron chi connectivity index (χ4n) is 2.90. The topological polar surface area (TPSA) is 46.8 Å². The SMILES string of the molecule is CCCN(CCC)c1ncnc2c1cnn2-c1cccc(C)c1. The third-order valence-electron chi connectivity index (χ3n) is 3.88. The normalized spacial score (nSPS) is 11.1. The average Bonchev–Trinajstić information content (AvgIpc) is 2.99. The minimum Gasteiger partial charge on any atom is -0.356 e. The third-order valence-corrected chi connectivity index (χ3v) is 3.88. The van der Waals surface area contributed by atoms with Gasteiger partial charge in [0.15, 0.2) is 5.65 Å². The van der Waals surface area contributed by atoms with Gasteiger partial charge in [-0.05, 0) is 37.5 Å². The molecule has 0 aliphatic heterocycles. The first-order chi connectivity index (χ1) is 11.2. The molecule has 0 aliphatic carbocycles. The van der Waals surface area contributed by atoms with Gasteiger partial charge in [-0.2, -0.15) is 5.10 Å². The maximum atomic E-state index is 4.56. The maximum Gasteiger partial charge on any atom is 0.168 e. The van der Waals surface area contributed by atoms with Crippen LogP contribution < -0.4 is 4.90 Å². The third kappa shape index (κ3) is 3.04. The van der Waals surface area contributed by atoms with Crippen LogP contribution in [-0.4, -0.2) is 32.8 Å². The number of rotatable bonds is 6. The van der Waals surface area contributed by atoms with E-state index in [0.29, 0.717) is 0 Å². The fraction of sp³-hybridized carbons (Fsp3) is 0.389. The number of anilines is 1. The van der Waals surface area contributed by atoms with Gasteiger partial charge in [0.2, 0.25) is 0 Å². The molecule has 120 valence electrons. The molecular formula is C18H23N5. The molecular weight excluding hydrogens is 286 g/mol. The summed E-state index contributed by atoms with van der Waals surface area (Å²) in [6.07, 6.45) is 5.71. The van der Waals surface area contributed by atoms with Crippen molar-refractivity contribution in [2.75, 3.05) is 18.0 Å². The number of aryl methyl sites for hydroxylation is 1. The summed E-state index contributed by atoms with van der Waals surface area (Å²) in [6, 6.07) is 8.29. The van der Waals surface area contributed by atoms with Crippen LogP contribution in [0.3, 0.4) is 0 Å². The Morgan fingerprint density at radius 1 is 1.09 bits per heavy atom. The number of aromatic nitrogens is 4. The molecule has 2 aromatic heterocycles. The lowest BCUT2D eigenvalue weighted by Gasteiger charge is -2.22. The van der Waals surface area contributed by atoms with Crippen LogP contribution in [0.1, 0.15) is 32.3 Å². The van der Waals surface area contributed by atoms with Crippen LogP contribution in [0.5, 0.6) is 0 Å². The highest BCUT2D eigenvalue weighted by Crippen LogP contribution is 2.25. The molecule has 3 rings (SSSR count). The molecule has 0 N–H and O–H groups in total. The lowest BCUT2D eigenvalue weighted by molar-refractivity contribution is 0.736. The smallest absolute Gasteiger partial charge is 0.168 e. The van der Waals surface area contributed by atoms with Gasteiger partial charge in [0, 0.05) is 13.1 Å². The van der Waals surface area contributed by atoms with E-state index in [9.17, 15) is 0 Å². The molecule has 0 saturated heterocycles. The van der Waals surface area contributed by atoms with Gasteiger partial charge < -0.3 is 4.90 Å². The zero-order chi connectivity index (χ0) is 16.2. The quantitative estimate of drug-likeness (QED) is 0.696. The Morgan fingerprint density at radius 2 is 1.87 bits per heavy atom. The van der Waals surface area contributed by atoms with Gasteiger partial charge in [0.25, 0.3) is 0 Å². The standard InChI is InChI=1S/C18H23N5/c1-4-9-22(10-5-2)17-16-12-21-23(18(16)20-13-19-17)15-8-6-7-14(3)11-15/h6-8,11-13H,4-5,9-10H2,1-3H3. The molecule has 0 radical (unpaired) electrons. The highest BCUT2D eigenvalue weighted by molar-refractivity contribution is 5.87. The van der Waals surface area contributed by atoms with Crippen molar-refractivity contribution in [2.24, 2.45) is 0 Å². The second-order valence-corrected chi connectivity index (χ2v) is 5.82. The molecule has 23 heavy (non-hydrogen) atoms. The van der Waals surface area contributed by atoms with Crippen molar-refractivity contribution in [1.29, 1.82) is 0 Å². The molecule has 5 heteroatoms. The fourth-order valence-corrected chi connectivity index (χ4v) is 2.90. The lowest BCUT2D eigenvalue weighted by atomic mass is 10.2. The summed E-state index contributed by atoms with van der Waals surface area (Å²) in [4.78, 5) is 11.3. The summed E-state index contributed by atoms with van der Waals surface area (Å²) in [5, 5.41) is 5.57. The summed E-state index contributed by atoms with van der Waals surface area (Å²) >= 11 is 0. The first-order valence-electron chi connectivity index (χ1n) is 8.25. The maximum absolute atomic E-state index is 4.56.